The second-order valence-electron chi connectivity index (χ2n) is 26.2. The number of aliphatic hydroxyl groups excluding tert-OH is 8. The Bertz CT molecular complexity index is 4770. The van der Waals surface area contributed by atoms with E-state index >= 15 is 0 Å². The van der Waals surface area contributed by atoms with Crippen LogP contribution in [0.15, 0.2) is 194 Å². The molecule has 30 nitrogen and oxygen atoms in total. The van der Waals surface area contributed by atoms with Gasteiger partial charge in [-0.3, -0.25) is 0 Å². The highest BCUT2D eigenvalue weighted by Gasteiger charge is 2.60. The van der Waals surface area contributed by atoms with Crippen LogP contribution in [-0.2, 0) is 66.3 Å². The summed E-state index contributed by atoms with van der Waals surface area (Å²) in [5.74, 6) is -7.90. The number of aliphatic hydroxyl groups is 8. The first-order valence-electron chi connectivity index (χ1n) is 35.3. The predicted octanol–water partition coefficient (Wildman–Crippen LogP) is 8.96. The van der Waals surface area contributed by atoms with Gasteiger partial charge >= 0.3 is 47.8 Å². The summed E-state index contributed by atoms with van der Waals surface area (Å²) in [5.41, 5.74) is 0.173. The highest BCUT2D eigenvalue weighted by Crippen LogP contribution is 2.39. The Kier molecular flexibility index (Phi) is 34.8. The maximum absolute atomic E-state index is 15.0. The Morgan fingerprint density at radius 1 is 0.246 bits per heavy atom. The lowest BCUT2D eigenvalue weighted by molar-refractivity contribution is -0.355. The third-order valence-corrected chi connectivity index (χ3v) is 24.0. The molecule has 4 fully saturated rings. The first-order chi connectivity index (χ1) is 56.4. The summed E-state index contributed by atoms with van der Waals surface area (Å²) in [4.78, 5) is 117. The van der Waals surface area contributed by atoms with Crippen molar-refractivity contribution in [3.05, 3.63) is 267 Å². The number of halogens is 8. The summed E-state index contributed by atoms with van der Waals surface area (Å²) in [6, 6.07) is 50.2. The fourth-order valence-electron chi connectivity index (χ4n) is 12.1. The summed E-state index contributed by atoms with van der Waals surface area (Å²) >= 11 is 16.5. The third-order valence-electron chi connectivity index (χ3n) is 18.3. The van der Waals surface area contributed by atoms with E-state index in [2.05, 4.69) is 181 Å². The van der Waals surface area contributed by atoms with E-state index in [1.54, 1.807) is 97.1 Å². The van der Waals surface area contributed by atoms with Crippen molar-refractivity contribution in [1.29, 1.82) is 0 Å². The minimum absolute atomic E-state index is 0.00805. The van der Waals surface area contributed by atoms with Crippen molar-refractivity contribution in [2.24, 2.45) is 0 Å². The maximum Gasteiger partial charge on any atom is 0.340 e. The quantitative estimate of drug-likeness (QED) is 0.0159. The average molecular weight is 2520 g/mol. The number of rotatable bonds is 24. The average Bonchev–Trinajstić information content (AvgIpc) is 0.757. The molecule has 38 heteroatoms. The summed E-state index contributed by atoms with van der Waals surface area (Å²) in [6.07, 6.45) is -35.2. The van der Waals surface area contributed by atoms with Crippen LogP contribution in [0.2, 0.25) is 0 Å². The van der Waals surface area contributed by atoms with Crippen LogP contribution in [0.1, 0.15) is 82.9 Å². The molecule has 4 aliphatic rings. The Balaban J connectivity index is 0.000000509. The van der Waals surface area contributed by atoms with E-state index in [4.69, 9.17) is 71.4 Å². The molecule has 0 spiro atoms. The van der Waals surface area contributed by atoms with Crippen molar-refractivity contribution < 1.29 is 146 Å². The van der Waals surface area contributed by atoms with Gasteiger partial charge in [0.25, 0.3) is 0 Å². The van der Waals surface area contributed by atoms with Crippen LogP contribution in [0.3, 0.4) is 0 Å². The lowest BCUT2D eigenvalue weighted by Gasteiger charge is -2.48. The van der Waals surface area contributed by atoms with Crippen LogP contribution < -0.4 is 0 Å². The largest absolute Gasteiger partial charge is 0.459 e. The summed E-state index contributed by atoms with van der Waals surface area (Å²) in [5, 5.41) is 76.5. The Labute approximate surface area is 781 Å². The molecule has 4 saturated heterocycles. The van der Waals surface area contributed by atoms with Gasteiger partial charge in [-0.2, -0.15) is 0 Å². The second kappa shape index (κ2) is 43.9. The van der Waals surface area contributed by atoms with Crippen molar-refractivity contribution in [3.8, 4) is 0 Å². The van der Waals surface area contributed by atoms with E-state index < -0.39 is 197 Å². The zero-order valence-electron chi connectivity index (χ0n) is 60.4. The number of hydrogen-bond acceptors (Lipinski definition) is 30. The lowest BCUT2D eigenvalue weighted by Crippen LogP contribution is -2.67. The smallest absolute Gasteiger partial charge is 0.340 e. The van der Waals surface area contributed by atoms with Crippen molar-refractivity contribution in [2.45, 2.75) is 123 Å². The molecule has 9 unspecified atom stereocenters. The number of esters is 8. The number of benzene rings is 8. The summed E-state index contributed by atoms with van der Waals surface area (Å²) in [7, 11) is 0. The maximum atomic E-state index is 15.0. The van der Waals surface area contributed by atoms with Crippen LogP contribution in [-0.4, -0.2) is 238 Å². The van der Waals surface area contributed by atoms with Gasteiger partial charge in [-0.25, -0.2) is 38.4 Å². The van der Waals surface area contributed by atoms with Gasteiger partial charge < -0.3 is 107 Å². The second-order valence-corrected chi connectivity index (χ2v) is 36.2. The first kappa shape index (κ1) is 93.5. The molecule has 4 aliphatic heterocycles. The van der Waals surface area contributed by atoms with E-state index in [-0.39, 0.29) is 44.5 Å². The molecule has 0 aromatic heterocycles. The van der Waals surface area contributed by atoms with Crippen LogP contribution >= 0.6 is 181 Å². The molecule has 0 radical (unpaired) electrons. The van der Waals surface area contributed by atoms with Crippen LogP contribution in [0, 0.1) is 28.6 Å². The standard InChI is InChI=1S/C68H46I8O19.C12H22O11/c69-43-17-1-35(2-18-43)59(77)85-33-51-53(89-61(79)37-5-21-45(71)22-6-37)55(90-62(80)38-7-23-46(72)24-8-38)57(92-64(82)40-11-27-48(74)28-12-40)67(87-51)94-54-52(34-86-60(78)36-3-19-44(70)20-4-36)88-68(95-66(84)42-15-31-50(76)32-16-42)58(93-65(83)41-13-29-49(75)30-14-41)56(54)91-63(81)39-9-25-47(73)26-10-39;13-1-3-5(15)6(16)9(19)12(22-3)23-10-4(2-14)21-11(20)8(18)7(10)17/h1-32,51-58,67-68H,33-34H2;3-20H,1-2H2/t51?,52?,53-,54+,55-,56-,57?,58?,67-,68?;3?,4?,5-,6-,7+,8?,9?,10+,11+,12-/m00/s1. The van der Waals surface area contributed by atoms with Gasteiger partial charge in [0.05, 0.1) is 57.7 Å². The fraction of sp³-hybridized carbons (Fsp3) is 0.300. The number of hydrogen-bond donors (Lipinski definition) is 8. The van der Waals surface area contributed by atoms with E-state index in [9.17, 15) is 74.1 Å². The van der Waals surface area contributed by atoms with E-state index in [0.717, 1.165) is 28.6 Å². The van der Waals surface area contributed by atoms with Gasteiger partial charge in [-0.1, -0.05) is 0 Å². The van der Waals surface area contributed by atoms with Gasteiger partial charge in [0.15, 0.2) is 43.3 Å². The van der Waals surface area contributed by atoms with Crippen molar-refractivity contribution in [2.75, 3.05) is 26.4 Å². The Hall–Kier alpha value is -5.20. The van der Waals surface area contributed by atoms with Gasteiger partial charge in [-0.15, -0.1) is 0 Å². The van der Waals surface area contributed by atoms with E-state index in [0.29, 0.717) is 0 Å². The SMILES string of the molecule is O=C(OCC1OC(OC(=O)c2ccc(I)cc2)C(OC(=O)c2ccc(I)cc2)[C@@H](OC(=O)c2ccc(I)cc2)[C@@H]1O[C@@H]1OC(COC(=O)c2ccc(I)cc2)[C@H](OC(=O)c2ccc(I)cc2)[C@H](OC(=O)c2ccc(I)cc2)C1OC(=O)c1ccc(I)cc1)c1ccc(I)cc1.OCC1O[C@@H](O)C(O)[C@@H](O)[C@@H]1O[C@@H]1OC(CO)[C@H](O)[C@H](O)C1O. The van der Waals surface area contributed by atoms with Gasteiger partial charge in [0.1, 0.15) is 80.4 Å². The van der Waals surface area contributed by atoms with Crippen LogP contribution in [0.5, 0.6) is 0 Å². The molecule has 624 valence electrons. The first-order valence-corrected chi connectivity index (χ1v) is 43.9. The lowest BCUT2D eigenvalue weighted by atomic mass is 9.95. The molecule has 0 bridgehead atoms. The zero-order valence-corrected chi connectivity index (χ0v) is 77.7. The molecule has 8 N–H and O–H groups in total. The zero-order chi connectivity index (χ0) is 84.8. The summed E-state index contributed by atoms with van der Waals surface area (Å²) in [6.45, 7) is -2.95. The molecular formula is C80H68I8O30. The molecular weight excluding hydrogens is 2460 g/mol. The Morgan fingerprint density at radius 3 is 0.847 bits per heavy atom. The van der Waals surface area contributed by atoms with Crippen molar-refractivity contribution in [3.63, 3.8) is 0 Å². The normalized spacial score (nSPS) is 26.6. The molecule has 12 rings (SSSR count). The monoisotopic (exact) mass is 2520 g/mol. The highest BCUT2D eigenvalue weighted by atomic mass is 127. The van der Waals surface area contributed by atoms with Gasteiger partial charge in [0, 0.05) is 28.6 Å². The van der Waals surface area contributed by atoms with Crippen molar-refractivity contribution >= 4 is 228 Å². The van der Waals surface area contributed by atoms with E-state index in [1.807, 2.05) is 0 Å². The molecule has 118 heavy (non-hydrogen) atoms. The van der Waals surface area contributed by atoms with Crippen molar-refractivity contribution in [1.82, 2.24) is 0 Å². The Morgan fingerprint density at radius 2 is 0.508 bits per heavy atom. The summed E-state index contributed by atoms with van der Waals surface area (Å²) < 4.78 is 92.4. The predicted molar refractivity (Wildman–Crippen MR) is 476 cm³/mol. The molecule has 8 aromatic rings. The highest BCUT2D eigenvalue weighted by molar-refractivity contribution is 14.1. The topological polar surface area (TPSA) is 428 Å². The molecule has 0 aliphatic carbocycles. The number of ether oxygens (including phenoxy) is 14. The molecule has 0 saturated carbocycles. The molecule has 20 atom stereocenters. The fourth-order valence-corrected chi connectivity index (χ4v) is 15.0. The van der Waals surface area contributed by atoms with E-state index in [1.165, 1.54) is 97.1 Å². The number of carbonyl (C=O) groups excluding carboxylic acids is 8. The van der Waals surface area contributed by atoms with Gasteiger partial charge in [-0.05, 0) is 375 Å². The third kappa shape index (κ3) is 24.6. The molecule has 8 aromatic carbocycles. The van der Waals surface area contributed by atoms with Crippen LogP contribution in [0.4, 0.5) is 0 Å². The van der Waals surface area contributed by atoms with Crippen LogP contribution in [0.25, 0.3) is 0 Å². The minimum atomic E-state index is -2.16. The molecule has 0 amide bonds. The van der Waals surface area contributed by atoms with Gasteiger partial charge in [0.2, 0.25) is 12.4 Å². The molecule has 4 heterocycles. The minimum Gasteiger partial charge on any atom is -0.459 e. The number of carbonyl (C=O) groups is 8.